The van der Waals surface area contributed by atoms with Crippen LogP contribution in [-0.4, -0.2) is 19.0 Å². The summed E-state index contributed by atoms with van der Waals surface area (Å²) in [5, 5.41) is 0. The van der Waals surface area contributed by atoms with Crippen LogP contribution in [0.1, 0.15) is 22.8 Å². The van der Waals surface area contributed by atoms with Gasteiger partial charge in [-0.3, -0.25) is 4.79 Å². The molecule has 14 heavy (non-hydrogen) atoms. The first-order valence-electron chi connectivity index (χ1n) is 4.68. The molecule has 3 nitrogen and oxygen atoms in total. The lowest BCUT2D eigenvalue weighted by atomic mass is 10.1. The molecule has 2 N–H and O–H groups in total. The summed E-state index contributed by atoms with van der Waals surface area (Å²) in [5.74, 6) is 0.00965. The van der Waals surface area contributed by atoms with Gasteiger partial charge in [0.1, 0.15) is 6.61 Å². The van der Waals surface area contributed by atoms with Crippen LogP contribution < -0.4 is 5.73 Å². The summed E-state index contributed by atoms with van der Waals surface area (Å²) in [6.07, 6.45) is 0. The zero-order chi connectivity index (χ0) is 10.4. The van der Waals surface area contributed by atoms with E-state index in [-0.39, 0.29) is 12.4 Å². The van der Waals surface area contributed by atoms with E-state index in [4.69, 9.17) is 10.5 Å². The molecule has 1 rings (SSSR count). The molecule has 0 aromatic heterocycles. The summed E-state index contributed by atoms with van der Waals surface area (Å²) < 4.78 is 5.03. The maximum Gasteiger partial charge on any atom is 0.188 e. The molecule has 3 heteroatoms. The van der Waals surface area contributed by atoms with Crippen molar-refractivity contribution in [2.75, 3.05) is 13.2 Å². The normalized spacial score (nSPS) is 10.1. The number of carbonyl (C=O) groups is 1. The van der Waals surface area contributed by atoms with Crippen LogP contribution >= 0.6 is 0 Å². The van der Waals surface area contributed by atoms with Crippen molar-refractivity contribution in [3.8, 4) is 0 Å². The Balaban J connectivity index is 2.62. The molecular formula is C11H15NO2. The second kappa shape index (κ2) is 5.52. The minimum Gasteiger partial charge on any atom is -0.374 e. The number of ketones is 1. The number of carbonyl (C=O) groups excluding carboxylic acids is 1. The van der Waals surface area contributed by atoms with Gasteiger partial charge in [-0.05, 0) is 12.5 Å². The van der Waals surface area contributed by atoms with Crippen molar-refractivity contribution in [3.63, 3.8) is 0 Å². The molecule has 0 aliphatic carbocycles. The first-order valence-corrected chi connectivity index (χ1v) is 4.68. The molecule has 0 spiro atoms. The molecular weight excluding hydrogens is 178 g/mol. The van der Waals surface area contributed by atoms with E-state index < -0.39 is 0 Å². The Labute approximate surface area is 83.9 Å². The molecule has 0 aliphatic heterocycles. The van der Waals surface area contributed by atoms with Crippen LogP contribution in [0.15, 0.2) is 24.3 Å². The summed E-state index contributed by atoms with van der Waals surface area (Å²) in [6.45, 7) is 3.08. The summed E-state index contributed by atoms with van der Waals surface area (Å²) in [4.78, 5) is 11.4. The van der Waals surface area contributed by atoms with E-state index in [1.54, 1.807) is 12.1 Å². The Morgan fingerprint density at radius 1 is 1.36 bits per heavy atom. The number of benzene rings is 1. The highest BCUT2D eigenvalue weighted by Gasteiger charge is 2.04. The molecule has 0 bridgehead atoms. The second-order valence-corrected chi connectivity index (χ2v) is 2.96. The highest BCUT2D eigenvalue weighted by atomic mass is 16.5. The summed E-state index contributed by atoms with van der Waals surface area (Å²) in [7, 11) is 0. The predicted octanol–water partition coefficient (Wildman–Crippen LogP) is 1.36. The van der Waals surface area contributed by atoms with Gasteiger partial charge in [0.15, 0.2) is 5.78 Å². The highest BCUT2D eigenvalue weighted by Crippen LogP contribution is 2.04. The molecule has 0 saturated carbocycles. The van der Waals surface area contributed by atoms with Crippen molar-refractivity contribution >= 4 is 5.78 Å². The van der Waals surface area contributed by atoms with Gasteiger partial charge in [0.25, 0.3) is 0 Å². The van der Waals surface area contributed by atoms with Crippen molar-refractivity contribution < 1.29 is 9.53 Å². The lowest BCUT2D eigenvalue weighted by molar-refractivity contribution is 0.0783. The monoisotopic (exact) mass is 193 g/mol. The highest BCUT2D eigenvalue weighted by molar-refractivity contribution is 5.97. The Morgan fingerprint density at radius 2 is 2.00 bits per heavy atom. The van der Waals surface area contributed by atoms with E-state index >= 15 is 0 Å². The fourth-order valence-corrected chi connectivity index (χ4v) is 1.10. The number of hydrogen-bond acceptors (Lipinski definition) is 3. The standard InChI is InChI=1S/C11H15NO2/c1-2-14-8-11(13)10-5-3-9(7-12)4-6-10/h3-6H,2,7-8,12H2,1H3. The predicted molar refractivity (Wildman–Crippen MR) is 55.2 cm³/mol. The van der Waals surface area contributed by atoms with Crippen molar-refractivity contribution in [1.29, 1.82) is 0 Å². The van der Waals surface area contributed by atoms with Crippen molar-refractivity contribution in [2.45, 2.75) is 13.5 Å². The molecule has 0 atom stereocenters. The van der Waals surface area contributed by atoms with Crippen LogP contribution in [0.5, 0.6) is 0 Å². The van der Waals surface area contributed by atoms with Crippen molar-refractivity contribution in [1.82, 2.24) is 0 Å². The SMILES string of the molecule is CCOCC(=O)c1ccc(CN)cc1. The van der Waals surface area contributed by atoms with Gasteiger partial charge in [-0.1, -0.05) is 24.3 Å². The van der Waals surface area contributed by atoms with Gasteiger partial charge in [-0.25, -0.2) is 0 Å². The van der Waals surface area contributed by atoms with E-state index in [0.717, 1.165) is 5.56 Å². The fraction of sp³-hybridized carbons (Fsp3) is 0.364. The lowest BCUT2D eigenvalue weighted by Crippen LogP contribution is -2.09. The fourth-order valence-electron chi connectivity index (χ4n) is 1.10. The molecule has 0 saturated heterocycles. The second-order valence-electron chi connectivity index (χ2n) is 2.96. The third-order valence-electron chi connectivity index (χ3n) is 1.95. The largest absolute Gasteiger partial charge is 0.374 e. The van der Waals surface area contributed by atoms with Crippen LogP contribution in [0.4, 0.5) is 0 Å². The molecule has 0 aliphatic rings. The zero-order valence-electron chi connectivity index (χ0n) is 8.32. The van der Waals surface area contributed by atoms with Crippen LogP contribution in [0.2, 0.25) is 0 Å². The van der Waals surface area contributed by atoms with Crippen molar-refractivity contribution in [3.05, 3.63) is 35.4 Å². The van der Waals surface area contributed by atoms with Gasteiger partial charge in [0.2, 0.25) is 0 Å². The number of ether oxygens (including phenoxy) is 1. The van der Waals surface area contributed by atoms with Crippen LogP contribution in [0.25, 0.3) is 0 Å². The van der Waals surface area contributed by atoms with Gasteiger partial charge in [0, 0.05) is 18.7 Å². The van der Waals surface area contributed by atoms with Crippen LogP contribution in [0.3, 0.4) is 0 Å². The van der Waals surface area contributed by atoms with E-state index in [2.05, 4.69) is 0 Å². The Kier molecular flexibility index (Phi) is 4.29. The Hall–Kier alpha value is -1.19. The molecule has 0 fully saturated rings. The van der Waals surface area contributed by atoms with Gasteiger partial charge < -0.3 is 10.5 Å². The molecule has 76 valence electrons. The van der Waals surface area contributed by atoms with Crippen LogP contribution in [-0.2, 0) is 11.3 Å². The minimum atomic E-state index is 0.00965. The third-order valence-corrected chi connectivity index (χ3v) is 1.95. The van der Waals surface area contributed by atoms with E-state index in [1.807, 2.05) is 19.1 Å². The van der Waals surface area contributed by atoms with Gasteiger partial charge in [0.05, 0.1) is 0 Å². The van der Waals surface area contributed by atoms with E-state index in [9.17, 15) is 4.79 Å². The van der Waals surface area contributed by atoms with Crippen molar-refractivity contribution in [2.24, 2.45) is 5.73 Å². The number of Topliss-reactive ketones (excluding diaryl/α,β-unsaturated/α-hetero) is 1. The smallest absolute Gasteiger partial charge is 0.188 e. The third kappa shape index (κ3) is 2.94. The average Bonchev–Trinajstić information content (AvgIpc) is 2.26. The summed E-state index contributed by atoms with van der Waals surface area (Å²) >= 11 is 0. The lowest BCUT2D eigenvalue weighted by Gasteiger charge is -2.02. The topological polar surface area (TPSA) is 52.3 Å². The Morgan fingerprint density at radius 3 is 2.50 bits per heavy atom. The molecule has 1 aromatic carbocycles. The summed E-state index contributed by atoms with van der Waals surface area (Å²) in [5.41, 5.74) is 7.15. The van der Waals surface area contributed by atoms with Gasteiger partial charge in [-0.2, -0.15) is 0 Å². The van der Waals surface area contributed by atoms with Gasteiger partial charge >= 0.3 is 0 Å². The first-order chi connectivity index (χ1) is 6.77. The average molecular weight is 193 g/mol. The quantitative estimate of drug-likeness (QED) is 0.718. The molecule has 0 radical (unpaired) electrons. The minimum absolute atomic E-state index is 0.00965. The maximum absolute atomic E-state index is 11.4. The summed E-state index contributed by atoms with van der Waals surface area (Å²) in [6, 6.07) is 7.28. The maximum atomic E-state index is 11.4. The molecule has 0 unspecified atom stereocenters. The number of rotatable bonds is 5. The van der Waals surface area contributed by atoms with E-state index in [0.29, 0.717) is 18.7 Å². The van der Waals surface area contributed by atoms with E-state index in [1.165, 1.54) is 0 Å². The zero-order valence-corrected chi connectivity index (χ0v) is 8.32. The number of nitrogens with two attached hydrogens (primary N) is 1. The van der Waals surface area contributed by atoms with Crippen LogP contribution in [0, 0.1) is 0 Å². The molecule has 1 aromatic rings. The number of hydrogen-bond donors (Lipinski definition) is 1. The molecule has 0 heterocycles. The first kappa shape index (κ1) is 10.9. The van der Waals surface area contributed by atoms with Gasteiger partial charge in [-0.15, -0.1) is 0 Å². The molecule has 0 amide bonds. The Bertz CT molecular complexity index is 293.